The molecule has 0 aliphatic rings. The van der Waals surface area contributed by atoms with Crippen molar-refractivity contribution in [2.24, 2.45) is 0 Å². The average Bonchev–Trinajstić information content (AvgIpc) is 2.27. The fourth-order valence-electron chi connectivity index (χ4n) is 1.47. The van der Waals surface area contributed by atoms with Gasteiger partial charge in [-0.15, -0.1) is 0 Å². The van der Waals surface area contributed by atoms with Crippen molar-refractivity contribution in [3.63, 3.8) is 0 Å². The summed E-state index contributed by atoms with van der Waals surface area (Å²) < 4.78 is 9.98. The van der Waals surface area contributed by atoms with Gasteiger partial charge in [0.15, 0.2) is 0 Å². The largest absolute Gasteiger partial charge is 0.462 e. The molecule has 0 aromatic heterocycles. The molecule has 0 N–H and O–H groups in total. The molecule has 0 saturated heterocycles. The smallest absolute Gasteiger partial charge is 0.340 e. The summed E-state index contributed by atoms with van der Waals surface area (Å²) in [4.78, 5) is 25.6. The van der Waals surface area contributed by atoms with Crippen LogP contribution in [0.25, 0.3) is 0 Å². The highest BCUT2D eigenvalue weighted by atomic mass is 16.5. The maximum Gasteiger partial charge on any atom is 0.340 e. The Kier molecular flexibility index (Phi) is 7.56. The first-order valence-corrected chi connectivity index (χ1v) is 6.25. The van der Waals surface area contributed by atoms with E-state index < -0.39 is 11.9 Å². The lowest BCUT2D eigenvalue weighted by Crippen LogP contribution is -2.20. The third kappa shape index (κ3) is 5.59. The van der Waals surface area contributed by atoms with Gasteiger partial charge in [0.1, 0.15) is 0 Å². The van der Waals surface area contributed by atoms with Gasteiger partial charge in [0.05, 0.1) is 24.4 Å². The predicted octanol–water partition coefficient (Wildman–Crippen LogP) is 1.89. The van der Waals surface area contributed by atoms with E-state index in [1.807, 2.05) is 0 Å². The topological polar surface area (TPSA) is 55.8 Å². The summed E-state index contributed by atoms with van der Waals surface area (Å²) in [6.45, 7) is 7.47. The van der Waals surface area contributed by atoms with Gasteiger partial charge in [-0.1, -0.05) is 5.57 Å². The third-order valence-corrected chi connectivity index (χ3v) is 2.13. The zero-order valence-corrected chi connectivity index (χ0v) is 12.6. The molecule has 0 amide bonds. The van der Waals surface area contributed by atoms with E-state index in [1.54, 1.807) is 52.9 Å². The van der Waals surface area contributed by atoms with Crippen molar-refractivity contribution >= 4 is 11.9 Å². The standard InChI is InChI=1S/C14H23NO4/c1-7-18-13(16)11(9-15(5)6)12(10(3)4)14(17)19-8-2/h9H,7-8H2,1-6H3/b11-9-. The van der Waals surface area contributed by atoms with E-state index >= 15 is 0 Å². The summed E-state index contributed by atoms with van der Waals surface area (Å²) in [5.41, 5.74) is 1.18. The van der Waals surface area contributed by atoms with E-state index in [4.69, 9.17) is 9.47 Å². The van der Waals surface area contributed by atoms with E-state index in [-0.39, 0.29) is 24.4 Å². The number of nitrogens with zero attached hydrogens (tertiary/aromatic N) is 1. The Morgan fingerprint density at radius 2 is 1.47 bits per heavy atom. The minimum atomic E-state index is -0.527. The van der Waals surface area contributed by atoms with E-state index in [0.29, 0.717) is 5.57 Å². The lowest BCUT2D eigenvalue weighted by atomic mass is 10.0. The number of rotatable bonds is 6. The van der Waals surface area contributed by atoms with Crippen LogP contribution in [0.15, 0.2) is 22.9 Å². The molecule has 0 unspecified atom stereocenters. The molecule has 5 heteroatoms. The first-order chi connectivity index (χ1) is 8.84. The van der Waals surface area contributed by atoms with Crippen LogP contribution in [-0.4, -0.2) is 44.1 Å². The summed E-state index contributed by atoms with van der Waals surface area (Å²) in [7, 11) is 3.54. The van der Waals surface area contributed by atoms with Crippen molar-refractivity contribution in [1.29, 1.82) is 0 Å². The zero-order valence-electron chi connectivity index (χ0n) is 12.6. The molecule has 0 radical (unpaired) electrons. The second kappa shape index (κ2) is 8.34. The van der Waals surface area contributed by atoms with Crippen LogP contribution in [0.4, 0.5) is 0 Å². The molecule has 0 rings (SSSR count). The van der Waals surface area contributed by atoms with Gasteiger partial charge in [0.2, 0.25) is 0 Å². The lowest BCUT2D eigenvalue weighted by molar-refractivity contribution is -0.142. The molecule has 0 bridgehead atoms. The van der Waals surface area contributed by atoms with E-state index in [2.05, 4.69) is 0 Å². The minimum absolute atomic E-state index is 0.213. The Hall–Kier alpha value is -1.78. The molecule has 0 aliphatic heterocycles. The van der Waals surface area contributed by atoms with Crippen LogP contribution in [0, 0.1) is 0 Å². The van der Waals surface area contributed by atoms with Gasteiger partial charge in [-0.05, 0) is 27.7 Å². The molecule has 0 fully saturated rings. The first-order valence-electron chi connectivity index (χ1n) is 6.25. The van der Waals surface area contributed by atoms with Gasteiger partial charge >= 0.3 is 11.9 Å². The lowest BCUT2D eigenvalue weighted by Gasteiger charge is -2.15. The van der Waals surface area contributed by atoms with Gasteiger partial charge in [-0.25, -0.2) is 9.59 Å². The van der Waals surface area contributed by atoms with Crippen molar-refractivity contribution in [1.82, 2.24) is 4.90 Å². The molecule has 5 nitrogen and oxygen atoms in total. The number of carbonyl (C=O) groups is 2. The van der Waals surface area contributed by atoms with Crippen LogP contribution in [0.5, 0.6) is 0 Å². The van der Waals surface area contributed by atoms with Crippen LogP contribution >= 0.6 is 0 Å². The Balaban J connectivity index is 5.61. The number of hydrogen-bond donors (Lipinski definition) is 0. The summed E-state index contributed by atoms with van der Waals surface area (Å²) in [6, 6.07) is 0. The molecule has 108 valence electrons. The highest BCUT2D eigenvalue weighted by Crippen LogP contribution is 2.19. The first kappa shape index (κ1) is 17.2. The highest BCUT2D eigenvalue weighted by molar-refractivity contribution is 6.07. The molecule has 0 aliphatic carbocycles. The Labute approximate surface area is 114 Å². The Morgan fingerprint density at radius 3 is 1.84 bits per heavy atom. The van der Waals surface area contributed by atoms with Crippen molar-refractivity contribution in [3.05, 3.63) is 22.9 Å². The van der Waals surface area contributed by atoms with Crippen molar-refractivity contribution in [2.75, 3.05) is 27.3 Å². The Bertz CT molecular complexity index is 390. The van der Waals surface area contributed by atoms with Gasteiger partial charge in [-0.2, -0.15) is 0 Å². The molecule has 0 aromatic carbocycles. The van der Waals surface area contributed by atoms with Crippen molar-refractivity contribution in [2.45, 2.75) is 27.7 Å². The maximum atomic E-state index is 12.0. The molecule has 0 spiro atoms. The summed E-state index contributed by atoms with van der Waals surface area (Å²) in [6.07, 6.45) is 1.57. The van der Waals surface area contributed by atoms with E-state index in [9.17, 15) is 9.59 Å². The van der Waals surface area contributed by atoms with Gasteiger partial charge < -0.3 is 14.4 Å². The van der Waals surface area contributed by atoms with Gasteiger partial charge in [0.25, 0.3) is 0 Å². The monoisotopic (exact) mass is 269 g/mol. The van der Waals surface area contributed by atoms with Gasteiger partial charge in [-0.3, -0.25) is 0 Å². The van der Waals surface area contributed by atoms with E-state index in [1.165, 1.54) is 0 Å². The predicted molar refractivity (Wildman–Crippen MR) is 73.4 cm³/mol. The van der Waals surface area contributed by atoms with Crippen molar-refractivity contribution < 1.29 is 19.1 Å². The summed E-state index contributed by atoms with van der Waals surface area (Å²) >= 11 is 0. The number of allylic oxidation sites excluding steroid dienone is 1. The fourth-order valence-corrected chi connectivity index (χ4v) is 1.47. The molecule has 0 heterocycles. The number of carbonyl (C=O) groups excluding carboxylic acids is 2. The average molecular weight is 269 g/mol. The molecule has 19 heavy (non-hydrogen) atoms. The van der Waals surface area contributed by atoms with Crippen LogP contribution in [-0.2, 0) is 19.1 Å². The number of ether oxygens (including phenoxy) is 2. The minimum Gasteiger partial charge on any atom is -0.462 e. The molecule has 0 aromatic rings. The van der Waals surface area contributed by atoms with Crippen LogP contribution < -0.4 is 0 Å². The summed E-state index contributed by atoms with van der Waals surface area (Å²) in [5, 5.41) is 0. The second-order valence-electron chi connectivity index (χ2n) is 4.32. The van der Waals surface area contributed by atoms with E-state index in [0.717, 1.165) is 0 Å². The molecule has 0 atom stereocenters. The van der Waals surface area contributed by atoms with Crippen LogP contribution in [0.1, 0.15) is 27.7 Å². The SMILES string of the molecule is CCOC(=O)C(=C(C)C)/C(=C/N(C)C)C(=O)OCC. The Morgan fingerprint density at radius 1 is 1.00 bits per heavy atom. The second-order valence-corrected chi connectivity index (χ2v) is 4.32. The fraction of sp³-hybridized carbons (Fsp3) is 0.571. The molecular weight excluding hydrogens is 246 g/mol. The molecule has 0 saturated carbocycles. The third-order valence-electron chi connectivity index (χ3n) is 2.13. The number of esters is 2. The normalized spacial score (nSPS) is 10.7. The van der Waals surface area contributed by atoms with Crippen LogP contribution in [0.3, 0.4) is 0 Å². The molecular formula is C14H23NO4. The maximum absolute atomic E-state index is 12.0. The van der Waals surface area contributed by atoms with Crippen LogP contribution in [0.2, 0.25) is 0 Å². The van der Waals surface area contributed by atoms with Gasteiger partial charge in [0, 0.05) is 20.3 Å². The van der Waals surface area contributed by atoms with Crippen molar-refractivity contribution in [3.8, 4) is 0 Å². The number of hydrogen-bond acceptors (Lipinski definition) is 5. The highest BCUT2D eigenvalue weighted by Gasteiger charge is 2.24. The quantitative estimate of drug-likeness (QED) is 0.419. The zero-order chi connectivity index (χ0) is 15.0. The summed E-state index contributed by atoms with van der Waals surface area (Å²) in [5.74, 6) is -1.04.